The van der Waals surface area contributed by atoms with Crippen molar-refractivity contribution >= 4 is 33.6 Å². The topological polar surface area (TPSA) is 42.4 Å². The molecule has 0 spiro atoms. The zero-order chi connectivity index (χ0) is 16.7. The highest BCUT2D eigenvalue weighted by atomic mass is 79.9. The van der Waals surface area contributed by atoms with Crippen molar-refractivity contribution in [3.05, 3.63) is 58.8 Å². The van der Waals surface area contributed by atoms with Gasteiger partial charge in [0.05, 0.1) is 5.38 Å². The summed E-state index contributed by atoms with van der Waals surface area (Å²) in [4.78, 5) is 17.6. The van der Waals surface area contributed by atoms with Crippen molar-refractivity contribution in [3.63, 3.8) is 0 Å². The summed E-state index contributed by atoms with van der Waals surface area (Å²) in [5.74, 6) is 0.541. The molecule has 2 rings (SSSR count). The van der Waals surface area contributed by atoms with Gasteiger partial charge in [-0.3, -0.25) is 4.98 Å². The molecule has 1 aromatic heterocycles. The van der Waals surface area contributed by atoms with E-state index in [0.29, 0.717) is 12.3 Å². The largest absolute Gasteiger partial charge is 0.414 e. The fraction of sp³-hybridized carbons (Fsp3) is 0.294. The van der Waals surface area contributed by atoms with Gasteiger partial charge in [0.15, 0.2) is 0 Å². The number of pyridine rings is 1. The Labute approximate surface area is 149 Å². The highest BCUT2D eigenvalue weighted by Crippen LogP contribution is 2.26. The summed E-state index contributed by atoms with van der Waals surface area (Å²) >= 11 is 9.76. The van der Waals surface area contributed by atoms with Crippen LogP contribution in [-0.4, -0.2) is 29.6 Å². The molecule has 0 bridgehead atoms. The average Bonchev–Trinajstić information content (AvgIpc) is 2.55. The number of ether oxygens (including phenoxy) is 1. The van der Waals surface area contributed by atoms with E-state index in [1.807, 2.05) is 24.3 Å². The summed E-state index contributed by atoms with van der Waals surface area (Å²) in [7, 11) is 1.72. The first-order valence-corrected chi connectivity index (χ1v) is 8.51. The molecule has 0 radical (unpaired) electrons. The van der Waals surface area contributed by atoms with Crippen molar-refractivity contribution < 1.29 is 9.53 Å². The molecule has 0 aliphatic heterocycles. The molecule has 6 heteroatoms. The Balaban J connectivity index is 1.75. The van der Waals surface area contributed by atoms with Crippen LogP contribution in [0.15, 0.2) is 53.3 Å². The van der Waals surface area contributed by atoms with Crippen molar-refractivity contribution in [1.29, 1.82) is 0 Å². The van der Waals surface area contributed by atoms with Crippen molar-refractivity contribution in [1.82, 2.24) is 9.88 Å². The van der Waals surface area contributed by atoms with Crippen LogP contribution < -0.4 is 4.74 Å². The molecule has 1 amide bonds. The number of carbonyl (C=O) groups is 1. The van der Waals surface area contributed by atoms with E-state index in [1.165, 1.54) is 0 Å². The van der Waals surface area contributed by atoms with E-state index in [-0.39, 0.29) is 11.5 Å². The highest BCUT2D eigenvalue weighted by Gasteiger charge is 2.13. The van der Waals surface area contributed by atoms with E-state index < -0.39 is 0 Å². The van der Waals surface area contributed by atoms with Crippen LogP contribution in [0.1, 0.15) is 23.8 Å². The minimum atomic E-state index is -0.369. The normalized spacial score (nSPS) is 11.8. The second-order valence-corrected chi connectivity index (χ2v) is 6.59. The molecule has 1 heterocycles. The molecule has 0 saturated carbocycles. The van der Waals surface area contributed by atoms with E-state index >= 15 is 0 Å². The third kappa shape index (κ3) is 5.84. The molecule has 0 N–H and O–H groups in total. The molecule has 1 atom stereocenters. The molecule has 0 saturated heterocycles. The SMILES string of the molecule is CN(CCCC(Cl)c1cncc(Br)c1)C(=O)Oc1ccccc1. The molecule has 2 aromatic rings. The number of nitrogens with zero attached hydrogens (tertiary/aromatic N) is 2. The number of hydrogen-bond donors (Lipinski definition) is 0. The van der Waals surface area contributed by atoms with Gasteiger partial charge in [0.1, 0.15) is 5.75 Å². The van der Waals surface area contributed by atoms with E-state index in [0.717, 1.165) is 22.9 Å². The smallest absolute Gasteiger partial charge is 0.410 e. The minimum absolute atomic E-state index is 0.126. The average molecular weight is 398 g/mol. The third-order valence-corrected chi connectivity index (χ3v) is 4.20. The Morgan fingerprint density at radius 3 is 2.78 bits per heavy atom. The Morgan fingerprint density at radius 2 is 2.09 bits per heavy atom. The predicted molar refractivity (Wildman–Crippen MR) is 94.9 cm³/mol. The second kappa shape index (κ2) is 8.89. The molecule has 0 fully saturated rings. The lowest BCUT2D eigenvalue weighted by Gasteiger charge is -2.17. The van der Waals surface area contributed by atoms with Gasteiger partial charge in [0.2, 0.25) is 0 Å². The van der Waals surface area contributed by atoms with E-state index in [1.54, 1.807) is 36.5 Å². The number of aromatic nitrogens is 1. The lowest BCUT2D eigenvalue weighted by Crippen LogP contribution is -2.30. The Morgan fingerprint density at radius 1 is 1.35 bits per heavy atom. The van der Waals surface area contributed by atoms with Crippen LogP contribution in [-0.2, 0) is 0 Å². The quantitative estimate of drug-likeness (QED) is 0.642. The molecule has 1 aromatic carbocycles. The first-order chi connectivity index (χ1) is 11.1. The number of carbonyl (C=O) groups excluding carboxylic acids is 1. The first kappa shape index (κ1) is 17.8. The van der Waals surface area contributed by atoms with Gasteiger partial charge < -0.3 is 9.64 Å². The summed E-state index contributed by atoms with van der Waals surface area (Å²) in [6, 6.07) is 11.0. The number of benzene rings is 1. The zero-order valence-corrected chi connectivity index (χ0v) is 15.1. The lowest BCUT2D eigenvalue weighted by atomic mass is 10.1. The summed E-state index contributed by atoms with van der Waals surface area (Å²) in [6.45, 7) is 0.580. The Hall–Kier alpha value is -1.59. The number of amides is 1. The van der Waals surface area contributed by atoms with Crippen LogP contribution in [0.4, 0.5) is 4.79 Å². The van der Waals surface area contributed by atoms with Crippen molar-refractivity contribution in [3.8, 4) is 5.75 Å². The van der Waals surface area contributed by atoms with E-state index in [9.17, 15) is 4.79 Å². The van der Waals surface area contributed by atoms with Gasteiger partial charge in [0.25, 0.3) is 0 Å². The predicted octanol–water partition coefficient (Wildman–Crippen LogP) is 5.04. The third-order valence-electron chi connectivity index (χ3n) is 3.30. The second-order valence-electron chi connectivity index (χ2n) is 5.15. The summed E-state index contributed by atoms with van der Waals surface area (Å²) in [6.07, 6.45) is 4.64. The van der Waals surface area contributed by atoms with Crippen LogP contribution in [0.25, 0.3) is 0 Å². The maximum atomic E-state index is 12.0. The van der Waals surface area contributed by atoms with Crippen molar-refractivity contribution in [2.24, 2.45) is 0 Å². The van der Waals surface area contributed by atoms with Crippen molar-refractivity contribution in [2.45, 2.75) is 18.2 Å². The molecule has 1 unspecified atom stereocenters. The fourth-order valence-corrected chi connectivity index (χ4v) is 2.69. The summed E-state index contributed by atoms with van der Waals surface area (Å²) in [5.41, 5.74) is 0.968. The number of hydrogen-bond acceptors (Lipinski definition) is 3. The summed E-state index contributed by atoms with van der Waals surface area (Å²) < 4.78 is 6.18. The highest BCUT2D eigenvalue weighted by molar-refractivity contribution is 9.10. The standard InChI is InChI=1S/C17H18BrClN2O2/c1-21(17(22)23-15-6-3-2-4-7-15)9-5-8-16(19)13-10-14(18)12-20-11-13/h2-4,6-7,10-12,16H,5,8-9H2,1H3. The summed E-state index contributed by atoms with van der Waals surface area (Å²) in [5, 5.41) is -0.126. The van der Waals surface area contributed by atoms with Crippen LogP contribution in [0.3, 0.4) is 0 Å². The van der Waals surface area contributed by atoms with Gasteiger partial charge >= 0.3 is 6.09 Å². The molecule has 0 aliphatic carbocycles. The zero-order valence-electron chi connectivity index (χ0n) is 12.8. The molecule has 23 heavy (non-hydrogen) atoms. The lowest BCUT2D eigenvalue weighted by molar-refractivity contribution is 0.162. The number of alkyl halides is 1. The number of para-hydroxylation sites is 1. The molecule has 122 valence electrons. The van der Waals surface area contributed by atoms with Crippen molar-refractivity contribution in [2.75, 3.05) is 13.6 Å². The van der Waals surface area contributed by atoms with Crippen LogP contribution in [0, 0.1) is 0 Å². The molecular formula is C17H18BrClN2O2. The maximum absolute atomic E-state index is 12.0. The molecule has 0 aliphatic rings. The van der Waals surface area contributed by atoms with E-state index in [4.69, 9.17) is 16.3 Å². The van der Waals surface area contributed by atoms with Gasteiger partial charge in [-0.05, 0) is 52.5 Å². The fourth-order valence-electron chi connectivity index (χ4n) is 2.03. The maximum Gasteiger partial charge on any atom is 0.414 e. The van der Waals surface area contributed by atoms with Gasteiger partial charge in [-0.1, -0.05) is 18.2 Å². The van der Waals surface area contributed by atoms with Gasteiger partial charge in [-0.15, -0.1) is 11.6 Å². The van der Waals surface area contributed by atoms with Gasteiger partial charge in [-0.25, -0.2) is 4.79 Å². The van der Waals surface area contributed by atoms with Gasteiger partial charge in [-0.2, -0.15) is 0 Å². The van der Waals surface area contributed by atoms with Crippen LogP contribution in [0.2, 0.25) is 0 Å². The van der Waals surface area contributed by atoms with Crippen LogP contribution in [0.5, 0.6) is 5.75 Å². The van der Waals surface area contributed by atoms with Crippen LogP contribution >= 0.6 is 27.5 Å². The monoisotopic (exact) mass is 396 g/mol. The number of halogens is 2. The Kier molecular flexibility index (Phi) is 6.86. The Bertz CT molecular complexity index is 640. The van der Waals surface area contributed by atoms with E-state index in [2.05, 4.69) is 20.9 Å². The van der Waals surface area contributed by atoms with Gasteiger partial charge in [0, 0.05) is 30.5 Å². The first-order valence-electron chi connectivity index (χ1n) is 7.29. The molecule has 4 nitrogen and oxygen atoms in total. The minimum Gasteiger partial charge on any atom is -0.410 e. The molecular weight excluding hydrogens is 380 g/mol. The number of rotatable bonds is 6.